The Morgan fingerprint density at radius 2 is 2.03 bits per heavy atom. The number of aromatic nitrogens is 4. The Morgan fingerprint density at radius 1 is 1.23 bits per heavy atom. The van der Waals surface area contributed by atoms with Crippen molar-refractivity contribution in [3.05, 3.63) is 23.2 Å². The molecule has 0 radical (unpaired) electrons. The third-order valence-electron chi connectivity index (χ3n) is 7.15. The summed E-state index contributed by atoms with van der Waals surface area (Å²) in [5.41, 5.74) is 0.991. The molecule has 0 amide bonds. The summed E-state index contributed by atoms with van der Waals surface area (Å²) in [7, 11) is 0. The number of anilines is 3. The van der Waals surface area contributed by atoms with Crippen molar-refractivity contribution in [1.29, 1.82) is 0 Å². The van der Waals surface area contributed by atoms with Crippen LogP contribution in [-0.4, -0.2) is 84.2 Å². The van der Waals surface area contributed by atoms with Gasteiger partial charge in [0.05, 0.1) is 42.0 Å². The van der Waals surface area contributed by atoms with Gasteiger partial charge < -0.3 is 19.9 Å². The standard InChI is InChI=1S/C23H32N8O2S2/c1-15-11-20(29-28-15)25-21-19-5-10-34-22(19)27-23(26-21)24-16-12-17-3-2-4-18(13-16)31(17)35(32)14-30-6-8-33-9-7-30/h5,10-11,16-18H,2-4,6-9,12-14H2,1H3,(H3,24,25,26,27,28,29)/t16-,17-,18+,35?. The number of nitrogens with one attached hydrogen (secondary N) is 3. The lowest BCUT2D eigenvalue weighted by Gasteiger charge is -2.47. The molecule has 188 valence electrons. The molecule has 2 bridgehead atoms. The van der Waals surface area contributed by atoms with Gasteiger partial charge in [-0.25, -0.2) is 4.98 Å². The highest BCUT2D eigenvalue weighted by atomic mass is 32.2. The van der Waals surface area contributed by atoms with E-state index in [1.165, 1.54) is 6.42 Å². The van der Waals surface area contributed by atoms with Crippen LogP contribution < -0.4 is 10.6 Å². The zero-order valence-corrected chi connectivity index (χ0v) is 21.5. The second kappa shape index (κ2) is 10.2. The van der Waals surface area contributed by atoms with E-state index in [4.69, 9.17) is 14.7 Å². The van der Waals surface area contributed by atoms with Gasteiger partial charge in [-0.3, -0.25) is 10.00 Å². The molecule has 6 heterocycles. The lowest BCUT2D eigenvalue weighted by Crippen LogP contribution is -2.59. The molecule has 1 unspecified atom stereocenters. The first kappa shape index (κ1) is 23.4. The van der Waals surface area contributed by atoms with Gasteiger partial charge in [0.15, 0.2) is 11.7 Å². The van der Waals surface area contributed by atoms with E-state index in [-0.39, 0.29) is 6.04 Å². The van der Waals surface area contributed by atoms with Gasteiger partial charge in [0.2, 0.25) is 5.95 Å². The predicted octanol–water partition coefficient (Wildman–Crippen LogP) is 3.22. The summed E-state index contributed by atoms with van der Waals surface area (Å²) >= 11 is 0.624. The summed E-state index contributed by atoms with van der Waals surface area (Å²) in [6.07, 6.45) is 5.32. The van der Waals surface area contributed by atoms with Gasteiger partial charge in [0.1, 0.15) is 10.6 Å². The first-order valence-electron chi connectivity index (χ1n) is 12.4. The quantitative estimate of drug-likeness (QED) is 0.407. The Balaban J connectivity index is 1.16. The summed E-state index contributed by atoms with van der Waals surface area (Å²) in [6, 6.07) is 4.92. The minimum absolute atomic E-state index is 0.264. The summed E-state index contributed by atoms with van der Waals surface area (Å²) in [6.45, 7) is 5.19. The summed E-state index contributed by atoms with van der Waals surface area (Å²) in [5, 5.41) is 17.3. The smallest absolute Gasteiger partial charge is 0.226 e. The van der Waals surface area contributed by atoms with Crippen LogP contribution in [0.25, 0.3) is 10.2 Å². The van der Waals surface area contributed by atoms with Gasteiger partial charge in [-0.05, 0) is 50.5 Å². The van der Waals surface area contributed by atoms with Gasteiger partial charge in [0, 0.05) is 30.9 Å². The van der Waals surface area contributed by atoms with Gasteiger partial charge in [-0.1, -0.05) is 0 Å². The molecule has 3 aromatic heterocycles. The van der Waals surface area contributed by atoms with Crippen LogP contribution in [0, 0.1) is 6.92 Å². The minimum atomic E-state index is -0.985. The van der Waals surface area contributed by atoms with Crippen LogP contribution in [0.15, 0.2) is 17.5 Å². The SMILES string of the molecule is Cc1cc(Nc2nc(N[C@@H]3C[C@H]4CCC[C@@H](C3)N4[S+]([O-])CN3CCOCC3)nc3sccc23)n[nH]1. The van der Waals surface area contributed by atoms with E-state index >= 15 is 0 Å². The molecule has 3 aliphatic heterocycles. The molecule has 0 spiro atoms. The maximum Gasteiger partial charge on any atom is 0.226 e. The van der Waals surface area contributed by atoms with E-state index in [0.29, 0.717) is 23.9 Å². The zero-order chi connectivity index (χ0) is 23.8. The fraction of sp³-hybridized carbons (Fsp3) is 0.609. The number of piperidine rings is 2. The van der Waals surface area contributed by atoms with Crippen molar-refractivity contribution < 1.29 is 9.29 Å². The molecule has 3 saturated heterocycles. The Labute approximate surface area is 212 Å². The van der Waals surface area contributed by atoms with Crippen LogP contribution in [-0.2, 0) is 16.1 Å². The fourth-order valence-electron chi connectivity index (χ4n) is 5.54. The van der Waals surface area contributed by atoms with Crippen LogP contribution >= 0.6 is 11.3 Å². The maximum atomic E-state index is 13.4. The van der Waals surface area contributed by atoms with Crippen LogP contribution in [0.1, 0.15) is 37.8 Å². The average molecular weight is 517 g/mol. The lowest BCUT2D eigenvalue weighted by molar-refractivity contribution is 0.0441. The van der Waals surface area contributed by atoms with Gasteiger partial charge in [-0.2, -0.15) is 10.1 Å². The first-order valence-corrected chi connectivity index (χ1v) is 14.6. The number of rotatable bonds is 7. The van der Waals surface area contributed by atoms with Crippen molar-refractivity contribution in [2.45, 2.75) is 57.2 Å². The fourth-order valence-corrected chi connectivity index (χ4v) is 8.06. The maximum absolute atomic E-state index is 13.4. The lowest BCUT2D eigenvalue weighted by atomic mass is 9.84. The van der Waals surface area contributed by atoms with E-state index in [0.717, 1.165) is 79.5 Å². The van der Waals surface area contributed by atoms with Crippen LogP contribution in [0.4, 0.5) is 17.6 Å². The molecular formula is C23H32N8O2S2. The van der Waals surface area contributed by atoms with Crippen molar-refractivity contribution in [2.24, 2.45) is 0 Å². The minimum Gasteiger partial charge on any atom is -0.597 e. The number of hydrogen-bond donors (Lipinski definition) is 3. The summed E-state index contributed by atoms with van der Waals surface area (Å²) in [4.78, 5) is 12.8. The van der Waals surface area contributed by atoms with Crippen molar-refractivity contribution in [3.63, 3.8) is 0 Å². The number of aryl methyl sites for hydroxylation is 1. The molecule has 12 heteroatoms. The third kappa shape index (κ3) is 5.13. The van der Waals surface area contributed by atoms with E-state index in [9.17, 15) is 4.55 Å². The molecule has 0 aliphatic carbocycles. The van der Waals surface area contributed by atoms with Crippen LogP contribution in [0.3, 0.4) is 0 Å². The third-order valence-corrected chi connectivity index (χ3v) is 9.61. The summed E-state index contributed by atoms with van der Waals surface area (Å²) < 4.78 is 21.1. The Kier molecular flexibility index (Phi) is 6.82. The molecule has 10 nitrogen and oxygen atoms in total. The molecule has 3 aromatic rings. The topological polar surface area (TPSA) is 117 Å². The molecule has 3 aliphatic rings. The van der Waals surface area contributed by atoms with Crippen LogP contribution in [0.5, 0.6) is 0 Å². The van der Waals surface area contributed by atoms with Crippen LogP contribution in [0.2, 0.25) is 0 Å². The number of nitrogens with zero attached hydrogens (tertiary/aromatic N) is 5. The van der Waals surface area contributed by atoms with Gasteiger partial charge in [-0.15, -0.1) is 15.6 Å². The van der Waals surface area contributed by atoms with Crippen molar-refractivity contribution in [1.82, 2.24) is 29.4 Å². The predicted molar refractivity (Wildman–Crippen MR) is 139 cm³/mol. The number of thiophene rings is 1. The van der Waals surface area contributed by atoms with Gasteiger partial charge in [0.25, 0.3) is 0 Å². The normalized spacial score (nSPS) is 26.6. The van der Waals surface area contributed by atoms with Crippen molar-refractivity contribution in [3.8, 4) is 0 Å². The molecule has 35 heavy (non-hydrogen) atoms. The number of morpholine rings is 1. The Bertz CT molecular complexity index is 1140. The first-order chi connectivity index (χ1) is 17.1. The Morgan fingerprint density at radius 3 is 2.77 bits per heavy atom. The number of hydrogen-bond acceptors (Lipinski definition) is 10. The molecular weight excluding hydrogens is 484 g/mol. The number of ether oxygens (including phenoxy) is 1. The number of H-pyrrole nitrogens is 1. The second-order valence-corrected chi connectivity index (χ2v) is 11.9. The monoisotopic (exact) mass is 516 g/mol. The molecule has 0 aromatic carbocycles. The largest absolute Gasteiger partial charge is 0.597 e. The molecule has 0 saturated carbocycles. The van der Waals surface area contributed by atoms with Gasteiger partial charge >= 0.3 is 0 Å². The highest BCUT2D eigenvalue weighted by molar-refractivity contribution is 7.89. The van der Waals surface area contributed by atoms with Crippen molar-refractivity contribution >= 4 is 50.5 Å². The Hall–Kier alpha value is -1.96. The molecule has 4 atom stereocenters. The molecule has 3 fully saturated rings. The highest BCUT2D eigenvalue weighted by Crippen LogP contribution is 2.38. The number of fused-ring (bicyclic) bond motifs is 3. The average Bonchev–Trinajstić information content (AvgIpc) is 3.48. The van der Waals surface area contributed by atoms with E-state index in [2.05, 4.69) is 30.0 Å². The van der Waals surface area contributed by atoms with E-state index < -0.39 is 11.4 Å². The van der Waals surface area contributed by atoms with E-state index in [1.54, 1.807) is 11.3 Å². The number of aromatic amines is 1. The highest BCUT2D eigenvalue weighted by Gasteiger charge is 2.45. The molecule has 3 N–H and O–H groups in total. The molecule has 6 rings (SSSR count). The second-order valence-electron chi connectivity index (χ2n) is 9.69. The van der Waals surface area contributed by atoms with Crippen molar-refractivity contribution in [2.75, 3.05) is 42.8 Å². The summed E-state index contributed by atoms with van der Waals surface area (Å²) in [5.74, 6) is 2.76. The van der Waals surface area contributed by atoms with E-state index in [1.807, 2.05) is 24.4 Å². The zero-order valence-electron chi connectivity index (χ0n) is 19.9.